The largest absolute Gasteiger partial charge is 0.444 e. The molecule has 1 amide bonds. The van der Waals surface area contributed by atoms with E-state index in [0.717, 1.165) is 27.1 Å². The van der Waals surface area contributed by atoms with Gasteiger partial charge >= 0.3 is 6.09 Å². The lowest BCUT2D eigenvalue weighted by Crippen LogP contribution is -2.33. The third kappa shape index (κ3) is 5.77. The zero-order valence-electron chi connectivity index (χ0n) is 17.7. The van der Waals surface area contributed by atoms with Crippen molar-refractivity contribution >= 4 is 29.5 Å². The van der Waals surface area contributed by atoms with Crippen molar-refractivity contribution < 1.29 is 9.53 Å². The van der Waals surface area contributed by atoms with E-state index in [0.29, 0.717) is 11.6 Å². The summed E-state index contributed by atoms with van der Waals surface area (Å²) in [6, 6.07) is 15.3. The van der Waals surface area contributed by atoms with Gasteiger partial charge in [0.2, 0.25) is 0 Å². The number of hydrogen-bond donors (Lipinski definition) is 0. The Hall–Kier alpha value is -2.51. The molecule has 0 spiro atoms. The van der Waals surface area contributed by atoms with Gasteiger partial charge in [-0.3, -0.25) is 0 Å². The van der Waals surface area contributed by atoms with Gasteiger partial charge in [-0.2, -0.15) is 5.10 Å². The van der Waals surface area contributed by atoms with Crippen molar-refractivity contribution in [3.05, 3.63) is 64.9 Å². The van der Waals surface area contributed by atoms with Crippen molar-refractivity contribution in [1.29, 1.82) is 0 Å². The van der Waals surface area contributed by atoms with E-state index in [1.54, 1.807) is 11.7 Å². The van der Waals surface area contributed by atoms with Gasteiger partial charge in [-0.1, -0.05) is 29.8 Å². The standard InChI is InChI=1S/C22H25ClN4O2S/c1-15-9-8-12-19(24-15)30-20-13-16(14-26(5)21(28)29-22(2,3)4)25-27(20)18-11-7-6-10-17(18)23/h6-13H,14H2,1-5H3. The molecule has 158 valence electrons. The fourth-order valence-corrected chi connectivity index (χ4v) is 3.87. The van der Waals surface area contributed by atoms with Gasteiger partial charge in [0.25, 0.3) is 0 Å². The molecule has 0 fully saturated rings. The molecule has 0 aliphatic rings. The molecular weight excluding hydrogens is 420 g/mol. The number of carbonyl (C=O) groups excluding carboxylic acids is 1. The van der Waals surface area contributed by atoms with Crippen LogP contribution < -0.4 is 0 Å². The van der Waals surface area contributed by atoms with Crippen molar-refractivity contribution in [2.75, 3.05) is 7.05 Å². The smallest absolute Gasteiger partial charge is 0.410 e. The van der Waals surface area contributed by atoms with Gasteiger partial charge in [0, 0.05) is 12.7 Å². The van der Waals surface area contributed by atoms with Crippen LogP contribution in [0.25, 0.3) is 5.69 Å². The third-order valence-electron chi connectivity index (χ3n) is 3.98. The Balaban J connectivity index is 1.92. The summed E-state index contributed by atoms with van der Waals surface area (Å²) in [5.74, 6) is 0. The second kappa shape index (κ2) is 9.10. The molecular formula is C22H25ClN4O2S. The predicted octanol–water partition coefficient (Wildman–Crippen LogP) is 5.75. The molecule has 1 aromatic carbocycles. The zero-order chi connectivity index (χ0) is 21.9. The monoisotopic (exact) mass is 444 g/mol. The second-order valence-electron chi connectivity index (χ2n) is 7.89. The van der Waals surface area contributed by atoms with Crippen LogP contribution in [0.2, 0.25) is 5.02 Å². The Morgan fingerprint density at radius 2 is 1.93 bits per heavy atom. The number of amides is 1. The fourth-order valence-electron chi connectivity index (χ4n) is 2.69. The summed E-state index contributed by atoms with van der Waals surface area (Å²) in [5, 5.41) is 7.01. The molecule has 0 N–H and O–H groups in total. The second-order valence-corrected chi connectivity index (χ2v) is 9.34. The summed E-state index contributed by atoms with van der Waals surface area (Å²) in [7, 11) is 1.69. The quantitative estimate of drug-likeness (QED) is 0.501. The van der Waals surface area contributed by atoms with E-state index in [1.165, 1.54) is 16.7 Å². The Morgan fingerprint density at radius 1 is 1.20 bits per heavy atom. The lowest BCUT2D eigenvalue weighted by Gasteiger charge is -2.24. The Morgan fingerprint density at radius 3 is 2.60 bits per heavy atom. The summed E-state index contributed by atoms with van der Waals surface area (Å²) < 4.78 is 7.22. The molecule has 3 rings (SSSR count). The normalized spacial score (nSPS) is 11.4. The van der Waals surface area contributed by atoms with Crippen LogP contribution in [0.3, 0.4) is 0 Å². The Kier molecular flexibility index (Phi) is 6.73. The minimum atomic E-state index is -0.555. The van der Waals surface area contributed by atoms with Crippen molar-refractivity contribution in [2.45, 2.75) is 49.9 Å². The van der Waals surface area contributed by atoms with Crippen LogP contribution in [-0.4, -0.2) is 38.4 Å². The maximum Gasteiger partial charge on any atom is 0.410 e. The van der Waals surface area contributed by atoms with E-state index >= 15 is 0 Å². The summed E-state index contributed by atoms with van der Waals surface area (Å²) in [6.45, 7) is 7.79. The zero-order valence-corrected chi connectivity index (χ0v) is 19.3. The molecule has 0 saturated heterocycles. The van der Waals surface area contributed by atoms with Crippen molar-refractivity contribution in [3.8, 4) is 5.69 Å². The van der Waals surface area contributed by atoms with Crippen LogP contribution in [0.15, 0.2) is 58.6 Å². The summed E-state index contributed by atoms with van der Waals surface area (Å²) in [4.78, 5) is 18.4. The first-order valence-electron chi connectivity index (χ1n) is 9.52. The molecule has 0 aliphatic heterocycles. The van der Waals surface area contributed by atoms with Crippen molar-refractivity contribution in [2.24, 2.45) is 0 Å². The average Bonchev–Trinajstić information content (AvgIpc) is 3.02. The minimum absolute atomic E-state index is 0.307. The molecule has 8 heteroatoms. The van der Waals surface area contributed by atoms with Crippen LogP contribution in [0, 0.1) is 6.92 Å². The molecule has 2 heterocycles. The van der Waals surface area contributed by atoms with E-state index in [1.807, 2.05) is 76.2 Å². The average molecular weight is 445 g/mol. The fraction of sp³-hybridized carbons (Fsp3) is 0.318. The third-order valence-corrected chi connectivity index (χ3v) is 5.24. The summed E-state index contributed by atoms with van der Waals surface area (Å²) in [6.07, 6.45) is -0.399. The number of hydrogen-bond acceptors (Lipinski definition) is 5. The van der Waals surface area contributed by atoms with Gasteiger partial charge in [0.1, 0.15) is 15.7 Å². The molecule has 3 aromatic rings. The SMILES string of the molecule is Cc1cccc(Sc2cc(CN(C)C(=O)OC(C)(C)C)nn2-c2ccccc2Cl)n1. The maximum absolute atomic E-state index is 12.3. The van der Waals surface area contributed by atoms with Crippen LogP contribution in [0.5, 0.6) is 0 Å². The lowest BCUT2D eigenvalue weighted by atomic mass is 10.2. The topological polar surface area (TPSA) is 60.3 Å². The lowest BCUT2D eigenvalue weighted by molar-refractivity contribution is 0.0283. The minimum Gasteiger partial charge on any atom is -0.444 e. The molecule has 0 aliphatic carbocycles. The number of aryl methyl sites for hydroxylation is 1. The highest BCUT2D eigenvalue weighted by molar-refractivity contribution is 7.99. The molecule has 2 aromatic heterocycles. The number of nitrogens with zero attached hydrogens (tertiary/aromatic N) is 4. The highest BCUT2D eigenvalue weighted by atomic mass is 35.5. The van der Waals surface area contributed by atoms with Crippen molar-refractivity contribution in [1.82, 2.24) is 19.7 Å². The number of ether oxygens (including phenoxy) is 1. The van der Waals surface area contributed by atoms with E-state index in [4.69, 9.17) is 21.4 Å². The molecule has 0 radical (unpaired) electrons. The number of pyridine rings is 1. The van der Waals surface area contributed by atoms with Gasteiger partial charge in [-0.25, -0.2) is 14.5 Å². The van der Waals surface area contributed by atoms with Crippen LogP contribution in [-0.2, 0) is 11.3 Å². The van der Waals surface area contributed by atoms with E-state index in [9.17, 15) is 4.79 Å². The number of benzene rings is 1. The summed E-state index contributed by atoms with van der Waals surface area (Å²) in [5.41, 5.74) is 1.87. The van der Waals surface area contributed by atoms with Crippen LogP contribution >= 0.6 is 23.4 Å². The summed E-state index contributed by atoms with van der Waals surface area (Å²) >= 11 is 7.92. The van der Waals surface area contributed by atoms with Gasteiger partial charge in [-0.15, -0.1) is 0 Å². The highest BCUT2D eigenvalue weighted by Crippen LogP contribution is 2.31. The van der Waals surface area contributed by atoms with Crippen LogP contribution in [0.4, 0.5) is 4.79 Å². The van der Waals surface area contributed by atoms with E-state index in [-0.39, 0.29) is 0 Å². The molecule has 30 heavy (non-hydrogen) atoms. The van der Waals surface area contributed by atoms with E-state index in [2.05, 4.69) is 4.98 Å². The molecule has 0 saturated carbocycles. The van der Waals surface area contributed by atoms with Gasteiger partial charge in [-0.05, 0) is 69.8 Å². The Labute approximate surface area is 186 Å². The highest BCUT2D eigenvalue weighted by Gasteiger charge is 2.21. The number of halogens is 1. The van der Waals surface area contributed by atoms with Gasteiger partial charge < -0.3 is 9.64 Å². The first-order chi connectivity index (χ1) is 14.1. The van der Waals surface area contributed by atoms with E-state index < -0.39 is 11.7 Å². The number of para-hydroxylation sites is 1. The van der Waals surface area contributed by atoms with Gasteiger partial charge in [0.05, 0.1) is 22.9 Å². The molecule has 0 unspecified atom stereocenters. The first-order valence-corrected chi connectivity index (χ1v) is 10.7. The number of rotatable bonds is 5. The molecule has 0 bridgehead atoms. The number of aromatic nitrogens is 3. The van der Waals surface area contributed by atoms with Crippen LogP contribution in [0.1, 0.15) is 32.2 Å². The first kappa shape index (κ1) is 22.2. The van der Waals surface area contributed by atoms with Gasteiger partial charge in [0.15, 0.2) is 0 Å². The maximum atomic E-state index is 12.3. The predicted molar refractivity (Wildman–Crippen MR) is 119 cm³/mol. The Bertz CT molecular complexity index is 1050. The molecule has 0 atom stereocenters. The number of carbonyl (C=O) groups is 1. The molecule has 6 nitrogen and oxygen atoms in total. The van der Waals surface area contributed by atoms with Crippen molar-refractivity contribution in [3.63, 3.8) is 0 Å².